The highest BCUT2D eigenvalue weighted by atomic mass is 16.7. The van der Waals surface area contributed by atoms with E-state index in [2.05, 4.69) is 11.3 Å². The van der Waals surface area contributed by atoms with Gasteiger partial charge in [-0.15, -0.1) is 10.3 Å². The van der Waals surface area contributed by atoms with Gasteiger partial charge < -0.3 is 14.2 Å². The van der Waals surface area contributed by atoms with Crippen molar-refractivity contribution in [2.24, 2.45) is 0 Å². The lowest BCUT2D eigenvalue weighted by molar-refractivity contribution is -0.298. The second-order valence-electron chi connectivity index (χ2n) is 6.54. The first-order valence-electron chi connectivity index (χ1n) is 7.18. The monoisotopic (exact) mass is 314 g/mol. The number of hydrogen-bond donors (Lipinski definition) is 0. The smallest absolute Gasteiger partial charge is 0.459 e. The van der Waals surface area contributed by atoms with Crippen molar-refractivity contribution in [2.45, 2.75) is 57.7 Å². The van der Waals surface area contributed by atoms with E-state index in [9.17, 15) is 14.8 Å². The number of hydrogen-bond acceptors (Lipinski definition) is 6. The highest BCUT2D eigenvalue weighted by Gasteiger charge is 2.47. The molecule has 1 aliphatic heterocycles. The Hall–Kier alpha value is -1.60. The fraction of sp³-hybridized carbons (Fsp3) is 0.733. The van der Waals surface area contributed by atoms with Gasteiger partial charge in [0.2, 0.25) is 0 Å². The fourth-order valence-electron chi connectivity index (χ4n) is 2.75. The van der Waals surface area contributed by atoms with Gasteiger partial charge in [0.15, 0.2) is 0 Å². The molecule has 0 unspecified atom stereocenters. The van der Waals surface area contributed by atoms with Gasteiger partial charge in [-0.1, -0.05) is 6.58 Å². The van der Waals surface area contributed by atoms with Crippen molar-refractivity contribution in [1.82, 2.24) is 5.06 Å². The number of ether oxygens (including phenoxy) is 3. The van der Waals surface area contributed by atoms with E-state index in [1.165, 1.54) is 0 Å². The quantitative estimate of drug-likeness (QED) is 0.439. The third kappa shape index (κ3) is 4.99. The number of nitrogens with zero attached hydrogens (tertiary/aromatic N) is 1. The van der Waals surface area contributed by atoms with E-state index in [0.717, 1.165) is 11.1 Å². The summed E-state index contributed by atoms with van der Waals surface area (Å²) in [6, 6.07) is 0. The van der Waals surface area contributed by atoms with Crippen LogP contribution in [0.5, 0.6) is 0 Å². The Morgan fingerprint density at radius 2 is 1.64 bits per heavy atom. The maximum atomic E-state index is 12.2. The van der Waals surface area contributed by atoms with E-state index in [1.54, 1.807) is 0 Å². The Morgan fingerprint density at radius 3 is 2.14 bits per heavy atom. The molecule has 1 rings (SSSR count). The van der Waals surface area contributed by atoms with Gasteiger partial charge in [-0.25, -0.2) is 9.59 Å². The molecule has 0 aromatic carbocycles. The number of esters is 1. The van der Waals surface area contributed by atoms with Crippen LogP contribution >= 0.6 is 0 Å². The SMILES string of the molecule is C=CC(=O)OCCOC(=O)OC1CC(C)(C)N([O])C(C)(C)C1. The second-order valence-corrected chi connectivity index (χ2v) is 6.54. The summed E-state index contributed by atoms with van der Waals surface area (Å²) in [4.78, 5) is 22.4. The van der Waals surface area contributed by atoms with Crippen LogP contribution in [0.2, 0.25) is 0 Å². The van der Waals surface area contributed by atoms with Gasteiger partial charge in [0.1, 0.15) is 19.3 Å². The van der Waals surface area contributed by atoms with E-state index in [1.807, 2.05) is 27.7 Å². The number of piperidine rings is 1. The third-order valence-electron chi connectivity index (χ3n) is 3.53. The molecule has 0 amide bonds. The van der Waals surface area contributed by atoms with Crippen LogP contribution in [-0.4, -0.2) is 47.6 Å². The van der Waals surface area contributed by atoms with Gasteiger partial charge in [0, 0.05) is 30.0 Å². The van der Waals surface area contributed by atoms with Gasteiger partial charge in [-0.3, -0.25) is 0 Å². The summed E-state index contributed by atoms with van der Waals surface area (Å²) in [7, 11) is 0. The van der Waals surface area contributed by atoms with Gasteiger partial charge in [-0.2, -0.15) is 0 Å². The average molecular weight is 314 g/mol. The molecule has 1 fully saturated rings. The number of hydroxylamine groups is 2. The number of rotatable bonds is 5. The largest absolute Gasteiger partial charge is 0.508 e. The molecular formula is C15H24NO6. The van der Waals surface area contributed by atoms with Gasteiger partial charge >= 0.3 is 12.1 Å². The topological polar surface area (TPSA) is 85.0 Å². The molecule has 0 aromatic heterocycles. The van der Waals surface area contributed by atoms with E-state index < -0.39 is 29.3 Å². The Kier molecular flexibility index (Phi) is 5.96. The summed E-state index contributed by atoms with van der Waals surface area (Å²) in [6.45, 7) is 10.4. The first kappa shape index (κ1) is 18.4. The minimum Gasteiger partial charge on any atom is -0.459 e. The molecule has 7 heteroatoms. The lowest BCUT2D eigenvalue weighted by Gasteiger charge is -2.49. The molecule has 22 heavy (non-hydrogen) atoms. The van der Waals surface area contributed by atoms with Gasteiger partial charge in [-0.05, 0) is 27.7 Å². The minimum absolute atomic E-state index is 0.0596. The van der Waals surface area contributed by atoms with Crippen LogP contribution in [0.1, 0.15) is 40.5 Å². The highest BCUT2D eigenvalue weighted by molar-refractivity contribution is 5.81. The molecule has 0 bridgehead atoms. The van der Waals surface area contributed by atoms with Crippen molar-refractivity contribution in [3.8, 4) is 0 Å². The Labute approximate surface area is 130 Å². The minimum atomic E-state index is -0.828. The van der Waals surface area contributed by atoms with Crippen LogP contribution in [0.3, 0.4) is 0 Å². The molecule has 7 nitrogen and oxygen atoms in total. The number of carbonyl (C=O) groups is 2. The molecule has 0 saturated carbocycles. The summed E-state index contributed by atoms with van der Waals surface area (Å²) in [6.07, 6.45) is 0.671. The van der Waals surface area contributed by atoms with E-state index in [0.29, 0.717) is 12.8 Å². The molecule has 0 aliphatic carbocycles. The maximum Gasteiger partial charge on any atom is 0.508 e. The van der Waals surface area contributed by atoms with Crippen LogP contribution in [0.25, 0.3) is 0 Å². The lowest BCUT2D eigenvalue weighted by Crippen LogP contribution is -2.60. The standard InChI is InChI=1S/C15H24NO6/c1-6-12(17)20-7-8-21-13(18)22-11-9-14(2,3)16(19)15(4,5)10-11/h6,11H,1,7-10H2,2-5H3. The Morgan fingerprint density at radius 1 is 1.14 bits per heavy atom. The van der Waals surface area contributed by atoms with Gasteiger partial charge in [0.05, 0.1) is 0 Å². The third-order valence-corrected chi connectivity index (χ3v) is 3.53. The summed E-state index contributed by atoms with van der Waals surface area (Å²) in [5.74, 6) is -0.580. The summed E-state index contributed by atoms with van der Waals surface area (Å²) < 4.78 is 14.8. The average Bonchev–Trinajstić information content (AvgIpc) is 2.40. The normalized spacial score (nSPS) is 21.0. The molecule has 1 saturated heterocycles. The lowest BCUT2D eigenvalue weighted by atomic mass is 9.80. The molecule has 0 N–H and O–H groups in total. The zero-order valence-corrected chi connectivity index (χ0v) is 13.6. The molecule has 0 aromatic rings. The summed E-state index contributed by atoms with van der Waals surface area (Å²) in [5.41, 5.74) is -1.24. The van der Waals surface area contributed by atoms with Crippen LogP contribution in [-0.2, 0) is 24.2 Å². The van der Waals surface area contributed by atoms with Crippen LogP contribution in [0, 0.1) is 0 Å². The fourth-order valence-corrected chi connectivity index (χ4v) is 2.75. The maximum absolute atomic E-state index is 12.2. The van der Waals surface area contributed by atoms with E-state index in [-0.39, 0.29) is 13.2 Å². The molecule has 125 valence electrons. The Bertz CT molecular complexity index is 414. The molecular weight excluding hydrogens is 290 g/mol. The molecule has 1 aliphatic rings. The first-order chi connectivity index (χ1) is 10.1. The van der Waals surface area contributed by atoms with Crippen molar-refractivity contribution in [3.63, 3.8) is 0 Å². The van der Waals surface area contributed by atoms with Crippen LogP contribution < -0.4 is 0 Å². The van der Waals surface area contributed by atoms with Crippen LogP contribution in [0.4, 0.5) is 4.79 Å². The molecule has 0 atom stereocenters. The van der Waals surface area contributed by atoms with E-state index >= 15 is 0 Å². The summed E-state index contributed by atoms with van der Waals surface area (Å²) >= 11 is 0. The predicted octanol–water partition coefficient (Wildman–Crippen LogP) is 2.24. The molecule has 1 radical (unpaired) electrons. The van der Waals surface area contributed by atoms with Crippen molar-refractivity contribution >= 4 is 12.1 Å². The zero-order chi connectivity index (χ0) is 17.0. The van der Waals surface area contributed by atoms with Crippen molar-refractivity contribution < 1.29 is 29.0 Å². The van der Waals surface area contributed by atoms with Gasteiger partial charge in [0.25, 0.3) is 0 Å². The second kappa shape index (κ2) is 7.11. The predicted molar refractivity (Wildman–Crippen MR) is 77.3 cm³/mol. The van der Waals surface area contributed by atoms with Crippen molar-refractivity contribution in [1.29, 1.82) is 0 Å². The first-order valence-corrected chi connectivity index (χ1v) is 7.18. The number of carbonyl (C=O) groups excluding carboxylic acids is 2. The van der Waals surface area contributed by atoms with Crippen molar-refractivity contribution in [2.75, 3.05) is 13.2 Å². The van der Waals surface area contributed by atoms with E-state index in [4.69, 9.17) is 9.47 Å². The van der Waals surface area contributed by atoms with Crippen molar-refractivity contribution in [3.05, 3.63) is 12.7 Å². The molecule has 1 heterocycles. The molecule has 0 spiro atoms. The highest BCUT2D eigenvalue weighted by Crippen LogP contribution is 2.38. The van der Waals surface area contributed by atoms with Crippen LogP contribution in [0.15, 0.2) is 12.7 Å². The Balaban J connectivity index is 2.41. The zero-order valence-electron chi connectivity index (χ0n) is 13.6. The summed E-state index contributed by atoms with van der Waals surface area (Å²) in [5, 5.41) is 13.2.